The van der Waals surface area contributed by atoms with Crippen molar-refractivity contribution in [3.8, 4) is 5.69 Å². The van der Waals surface area contributed by atoms with Gasteiger partial charge >= 0.3 is 0 Å². The molecule has 2 saturated heterocycles. The van der Waals surface area contributed by atoms with Crippen molar-refractivity contribution < 1.29 is 9.53 Å². The van der Waals surface area contributed by atoms with Crippen LogP contribution in [0.25, 0.3) is 5.69 Å². The highest BCUT2D eigenvalue weighted by Gasteiger charge is 2.31. The molecule has 0 radical (unpaired) electrons. The molecule has 28 heavy (non-hydrogen) atoms. The highest BCUT2D eigenvalue weighted by molar-refractivity contribution is 5.82. The maximum absolute atomic E-state index is 12.8. The van der Waals surface area contributed by atoms with Crippen LogP contribution in [-0.2, 0) is 16.1 Å². The molecule has 2 fully saturated rings. The minimum absolute atomic E-state index is 0.0701. The van der Waals surface area contributed by atoms with Gasteiger partial charge < -0.3 is 15.4 Å². The molecule has 1 unspecified atom stereocenters. The largest absolute Gasteiger partial charge is 0.381 e. The predicted octanol–water partition coefficient (Wildman–Crippen LogP) is 0.0604. The molecule has 0 spiro atoms. The van der Waals surface area contributed by atoms with Crippen LogP contribution < -0.4 is 5.73 Å². The first-order valence-corrected chi connectivity index (χ1v) is 9.89. The molecule has 1 atom stereocenters. The minimum atomic E-state index is -0.416. The summed E-state index contributed by atoms with van der Waals surface area (Å²) in [5, 5.41) is 12.1. The van der Waals surface area contributed by atoms with Gasteiger partial charge in [-0.1, -0.05) is 18.2 Å². The van der Waals surface area contributed by atoms with Crippen LogP contribution >= 0.6 is 0 Å². The normalized spacial score (nSPS) is 20.2. The Hall–Kier alpha value is -2.36. The van der Waals surface area contributed by atoms with Crippen LogP contribution in [0.1, 0.15) is 18.7 Å². The second-order valence-electron chi connectivity index (χ2n) is 7.42. The number of piperazine rings is 1. The van der Waals surface area contributed by atoms with E-state index in [1.807, 2.05) is 35.2 Å². The molecular formula is C19H27N7O2. The fourth-order valence-electron chi connectivity index (χ4n) is 3.89. The third-order valence-electron chi connectivity index (χ3n) is 5.64. The zero-order valence-electron chi connectivity index (χ0n) is 16.0. The molecule has 9 heteroatoms. The number of hydrogen-bond acceptors (Lipinski definition) is 7. The summed E-state index contributed by atoms with van der Waals surface area (Å²) in [7, 11) is 0. The highest BCUT2D eigenvalue weighted by Crippen LogP contribution is 2.20. The molecule has 2 aliphatic heterocycles. The van der Waals surface area contributed by atoms with E-state index in [-0.39, 0.29) is 11.8 Å². The smallest absolute Gasteiger partial charge is 0.239 e. The van der Waals surface area contributed by atoms with Gasteiger partial charge in [0.05, 0.1) is 18.3 Å². The van der Waals surface area contributed by atoms with Gasteiger partial charge in [0, 0.05) is 39.4 Å². The number of nitrogens with zero attached hydrogens (tertiary/aromatic N) is 6. The number of amides is 1. The predicted molar refractivity (Wildman–Crippen MR) is 103 cm³/mol. The minimum Gasteiger partial charge on any atom is -0.381 e. The summed E-state index contributed by atoms with van der Waals surface area (Å²) in [4.78, 5) is 16.9. The first-order valence-electron chi connectivity index (χ1n) is 9.89. The molecular weight excluding hydrogens is 358 g/mol. The number of ether oxygens (including phenoxy) is 1. The van der Waals surface area contributed by atoms with Crippen LogP contribution in [0.3, 0.4) is 0 Å². The van der Waals surface area contributed by atoms with Crippen LogP contribution in [-0.4, -0.2) is 81.3 Å². The second-order valence-corrected chi connectivity index (χ2v) is 7.42. The third-order valence-corrected chi connectivity index (χ3v) is 5.64. The van der Waals surface area contributed by atoms with E-state index in [4.69, 9.17) is 10.5 Å². The molecule has 1 aromatic carbocycles. The molecule has 3 heterocycles. The first kappa shape index (κ1) is 19.0. The Kier molecular flexibility index (Phi) is 5.94. The molecule has 2 aromatic rings. The Bertz CT molecular complexity index is 768. The first-order chi connectivity index (χ1) is 13.7. The number of nitrogens with two attached hydrogens (primary N) is 1. The quantitative estimate of drug-likeness (QED) is 0.776. The summed E-state index contributed by atoms with van der Waals surface area (Å²) >= 11 is 0. The topological polar surface area (TPSA) is 102 Å². The van der Waals surface area contributed by atoms with Crippen molar-refractivity contribution >= 4 is 5.91 Å². The van der Waals surface area contributed by atoms with Gasteiger partial charge in [-0.3, -0.25) is 9.69 Å². The molecule has 2 N–H and O–H groups in total. The van der Waals surface area contributed by atoms with Crippen LogP contribution in [0.4, 0.5) is 0 Å². The lowest BCUT2D eigenvalue weighted by Crippen LogP contribution is -2.55. The van der Waals surface area contributed by atoms with Gasteiger partial charge in [-0.25, -0.2) is 0 Å². The van der Waals surface area contributed by atoms with Crippen molar-refractivity contribution in [1.29, 1.82) is 0 Å². The van der Waals surface area contributed by atoms with Gasteiger partial charge in [0.1, 0.15) is 0 Å². The van der Waals surface area contributed by atoms with E-state index in [2.05, 4.69) is 20.4 Å². The lowest BCUT2D eigenvalue weighted by molar-refractivity contribution is -0.136. The van der Waals surface area contributed by atoms with Crippen molar-refractivity contribution in [2.75, 3.05) is 39.4 Å². The van der Waals surface area contributed by atoms with Gasteiger partial charge in [-0.15, -0.1) is 5.10 Å². The number of tetrazole rings is 1. The molecule has 0 saturated carbocycles. The lowest BCUT2D eigenvalue weighted by Gasteiger charge is -2.37. The number of para-hydroxylation sites is 1. The highest BCUT2D eigenvalue weighted by atomic mass is 16.5. The summed E-state index contributed by atoms with van der Waals surface area (Å²) in [5.41, 5.74) is 7.20. The Morgan fingerprint density at radius 3 is 2.57 bits per heavy atom. The SMILES string of the molecule is NC(C(=O)N1CCN(Cc2nnnn2-c2ccccc2)CC1)C1CCOCC1. The van der Waals surface area contributed by atoms with E-state index in [0.717, 1.165) is 37.4 Å². The van der Waals surface area contributed by atoms with Gasteiger partial charge in [-0.05, 0) is 41.3 Å². The molecule has 2 aliphatic rings. The third kappa shape index (κ3) is 4.21. The summed E-state index contributed by atoms with van der Waals surface area (Å²) in [6.07, 6.45) is 1.74. The van der Waals surface area contributed by atoms with Crippen LogP contribution in [0, 0.1) is 5.92 Å². The van der Waals surface area contributed by atoms with Gasteiger partial charge in [0.2, 0.25) is 5.91 Å². The van der Waals surface area contributed by atoms with Crippen LogP contribution in [0.2, 0.25) is 0 Å². The molecule has 0 aliphatic carbocycles. The average Bonchev–Trinajstić information content (AvgIpc) is 3.22. The van der Waals surface area contributed by atoms with Crippen molar-refractivity contribution in [2.24, 2.45) is 11.7 Å². The van der Waals surface area contributed by atoms with E-state index in [1.165, 1.54) is 0 Å². The Morgan fingerprint density at radius 2 is 1.86 bits per heavy atom. The summed E-state index contributed by atoms with van der Waals surface area (Å²) in [5.74, 6) is 1.10. The number of aromatic nitrogens is 4. The van der Waals surface area contributed by atoms with E-state index in [9.17, 15) is 4.79 Å². The zero-order valence-corrected chi connectivity index (χ0v) is 16.0. The van der Waals surface area contributed by atoms with Gasteiger partial charge in [0.15, 0.2) is 5.82 Å². The number of benzene rings is 1. The van der Waals surface area contributed by atoms with Crippen LogP contribution in [0.5, 0.6) is 0 Å². The average molecular weight is 385 g/mol. The Labute approximate surface area is 164 Å². The summed E-state index contributed by atoms with van der Waals surface area (Å²) in [6.45, 7) is 4.99. The van der Waals surface area contributed by atoms with E-state index >= 15 is 0 Å². The molecule has 150 valence electrons. The summed E-state index contributed by atoms with van der Waals surface area (Å²) in [6, 6.07) is 9.44. The lowest BCUT2D eigenvalue weighted by atomic mass is 9.91. The second kappa shape index (κ2) is 8.76. The molecule has 0 bridgehead atoms. The van der Waals surface area contributed by atoms with Crippen molar-refractivity contribution in [2.45, 2.75) is 25.4 Å². The molecule has 4 rings (SSSR count). The monoisotopic (exact) mass is 385 g/mol. The number of hydrogen-bond donors (Lipinski definition) is 1. The van der Waals surface area contributed by atoms with Crippen LogP contribution in [0.15, 0.2) is 30.3 Å². The molecule has 1 aromatic heterocycles. The molecule has 9 nitrogen and oxygen atoms in total. The van der Waals surface area contributed by atoms with Crippen molar-refractivity contribution in [3.63, 3.8) is 0 Å². The Morgan fingerprint density at radius 1 is 1.14 bits per heavy atom. The fraction of sp³-hybridized carbons (Fsp3) is 0.579. The Balaban J connectivity index is 1.31. The number of carbonyl (C=O) groups is 1. The standard InChI is InChI=1S/C19H27N7O2/c20-18(15-6-12-28-13-7-15)19(27)25-10-8-24(9-11-25)14-17-21-22-23-26(17)16-4-2-1-3-5-16/h1-5,15,18H,6-14,20H2. The van der Waals surface area contributed by atoms with E-state index in [1.54, 1.807) is 4.68 Å². The van der Waals surface area contributed by atoms with Crippen molar-refractivity contribution in [3.05, 3.63) is 36.2 Å². The van der Waals surface area contributed by atoms with Gasteiger partial charge in [-0.2, -0.15) is 4.68 Å². The number of carbonyl (C=O) groups excluding carboxylic acids is 1. The van der Waals surface area contributed by atoms with E-state index < -0.39 is 6.04 Å². The maximum Gasteiger partial charge on any atom is 0.239 e. The fourth-order valence-corrected chi connectivity index (χ4v) is 3.89. The van der Waals surface area contributed by atoms with E-state index in [0.29, 0.717) is 32.8 Å². The van der Waals surface area contributed by atoms with Crippen molar-refractivity contribution in [1.82, 2.24) is 30.0 Å². The number of rotatable bonds is 5. The maximum atomic E-state index is 12.8. The summed E-state index contributed by atoms with van der Waals surface area (Å²) < 4.78 is 7.14. The van der Waals surface area contributed by atoms with Gasteiger partial charge in [0.25, 0.3) is 0 Å². The zero-order chi connectivity index (χ0) is 19.3. The molecule has 1 amide bonds.